The van der Waals surface area contributed by atoms with E-state index in [9.17, 15) is 9.90 Å². The van der Waals surface area contributed by atoms with Crippen molar-refractivity contribution >= 4 is 17.6 Å². The molecule has 0 aliphatic rings. The lowest BCUT2D eigenvalue weighted by molar-refractivity contribution is 0.0696. The number of carbonyl (C=O) groups is 1. The minimum Gasteiger partial charge on any atom is -0.478 e. The molecule has 98 valence electrons. The Morgan fingerprint density at radius 1 is 1.05 bits per heavy atom. The fraction of sp³-hybridized carbons (Fsp3) is 0.188. The predicted octanol–water partition coefficient (Wildman–Crippen LogP) is 4.63. The number of carboxylic acid groups (broad SMARTS) is 1. The molecule has 0 amide bonds. The lowest BCUT2D eigenvalue weighted by Crippen LogP contribution is -2.01. The summed E-state index contributed by atoms with van der Waals surface area (Å²) in [5.41, 5.74) is 5.06. The molecule has 0 heterocycles. The second-order valence-corrected chi connectivity index (χ2v) is 5.11. The van der Waals surface area contributed by atoms with Gasteiger partial charge >= 0.3 is 5.97 Å². The minimum atomic E-state index is -0.917. The van der Waals surface area contributed by atoms with Crippen LogP contribution in [0.3, 0.4) is 0 Å². The molecule has 2 rings (SSSR count). The van der Waals surface area contributed by atoms with Gasteiger partial charge in [-0.2, -0.15) is 0 Å². The van der Waals surface area contributed by atoms with Crippen molar-refractivity contribution in [2.24, 2.45) is 0 Å². The molecule has 0 saturated heterocycles. The molecule has 0 aliphatic carbocycles. The van der Waals surface area contributed by atoms with Crippen molar-refractivity contribution in [2.75, 3.05) is 0 Å². The van der Waals surface area contributed by atoms with Crippen molar-refractivity contribution in [1.82, 2.24) is 0 Å². The highest BCUT2D eigenvalue weighted by Crippen LogP contribution is 2.33. The third kappa shape index (κ3) is 2.49. The molecule has 0 bridgehead atoms. The Kier molecular flexibility index (Phi) is 3.63. The molecular formula is C16H15ClO2. The topological polar surface area (TPSA) is 37.3 Å². The van der Waals surface area contributed by atoms with E-state index in [0.717, 1.165) is 27.8 Å². The average Bonchev–Trinajstić information content (AvgIpc) is 2.34. The first-order valence-corrected chi connectivity index (χ1v) is 6.39. The summed E-state index contributed by atoms with van der Waals surface area (Å²) in [6, 6.07) is 9.18. The van der Waals surface area contributed by atoms with E-state index in [1.165, 1.54) is 0 Å². The van der Waals surface area contributed by atoms with Crippen molar-refractivity contribution < 1.29 is 9.90 Å². The molecule has 0 aromatic heterocycles. The fourth-order valence-corrected chi connectivity index (χ4v) is 2.47. The Hall–Kier alpha value is -1.80. The van der Waals surface area contributed by atoms with Gasteiger partial charge in [0.15, 0.2) is 0 Å². The van der Waals surface area contributed by atoms with Crippen LogP contribution in [0.2, 0.25) is 5.02 Å². The van der Waals surface area contributed by atoms with Crippen molar-refractivity contribution in [2.45, 2.75) is 20.8 Å². The van der Waals surface area contributed by atoms with Gasteiger partial charge in [0.05, 0.1) is 5.56 Å². The van der Waals surface area contributed by atoms with Crippen LogP contribution >= 0.6 is 11.6 Å². The maximum Gasteiger partial charge on any atom is 0.335 e. The first-order valence-electron chi connectivity index (χ1n) is 6.02. The molecule has 0 saturated carbocycles. The van der Waals surface area contributed by atoms with Crippen LogP contribution in [0.5, 0.6) is 0 Å². The zero-order valence-electron chi connectivity index (χ0n) is 11.1. The quantitative estimate of drug-likeness (QED) is 0.867. The highest BCUT2D eigenvalue weighted by atomic mass is 35.5. The largest absolute Gasteiger partial charge is 0.478 e. The van der Waals surface area contributed by atoms with Crippen molar-refractivity contribution in [1.29, 1.82) is 0 Å². The molecule has 0 fully saturated rings. The number of aryl methyl sites for hydroxylation is 2. The molecular weight excluding hydrogens is 260 g/mol. The average molecular weight is 275 g/mol. The van der Waals surface area contributed by atoms with Crippen molar-refractivity contribution in [3.8, 4) is 11.1 Å². The summed E-state index contributed by atoms with van der Waals surface area (Å²) in [4.78, 5) is 11.2. The van der Waals surface area contributed by atoms with Crippen molar-refractivity contribution in [3.05, 3.63) is 57.6 Å². The molecule has 1 N–H and O–H groups in total. The fourth-order valence-electron chi connectivity index (χ4n) is 2.15. The summed E-state index contributed by atoms with van der Waals surface area (Å²) < 4.78 is 0. The van der Waals surface area contributed by atoms with Crippen molar-refractivity contribution in [3.63, 3.8) is 0 Å². The standard InChI is InChI=1S/C16H15ClO2/c1-9-7-14(15(17)8-10(9)2)12-5-4-6-13(11(12)3)16(18)19/h4-8H,1-3H3,(H,18,19). The second-order valence-electron chi connectivity index (χ2n) is 4.70. The Morgan fingerprint density at radius 3 is 2.32 bits per heavy atom. The molecule has 0 atom stereocenters. The van der Waals surface area contributed by atoms with E-state index >= 15 is 0 Å². The van der Waals surface area contributed by atoms with Crippen LogP contribution in [0.1, 0.15) is 27.0 Å². The number of halogens is 1. The number of hydrogen-bond donors (Lipinski definition) is 1. The van der Waals surface area contributed by atoms with E-state index in [1.54, 1.807) is 12.1 Å². The van der Waals surface area contributed by atoms with Gasteiger partial charge in [-0.25, -0.2) is 4.79 Å². The monoisotopic (exact) mass is 274 g/mol. The van der Waals surface area contributed by atoms with Gasteiger partial charge < -0.3 is 5.11 Å². The molecule has 2 aromatic rings. The van der Waals surface area contributed by atoms with Crippen LogP contribution in [0.25, 0.3) is 11.1 Å². The van der Waals surface area contributed by atoms with E-state index in [-0.39, 0.29) is 0 Å². The number of aromatic carboxylic acids is 1. The maximum absolute atomic E-state index is 11.2. The lowest BCUT2D eigenvalue weighted by atomic mass is 9.94. The normalized spacial score (nSPS) is 10.5. The SMILES string of the molecule is Cc1cc(Cl)c(-c2cccc(C(=O)O)c2C)cc1C. The van der Waals surface area contributed by atoms with Crippen LogP contribution in [0.4, 0.5) is 0 Å². The predicted molar refractivity (Wildman–Crippen MR) is 78.1 cm³/mol. The summed E-state index contributed by atoms with van der Waals surface area (Å²) in [6.45, 7) is 5.83. The van der Waals surface area contributed by atoms with Gasteiger partial charge in [0.2, 0.25) is 0 Å². The number of carboxylic acids is 1. The summed E-state index contributed by atoms with van der Waals surface area (Å²) in [5, 5.41) is 9.82. The molecule has 2 nitrogen and oxygen atoms in total. The van der Waals surface area contributed by atoms with Gasteiger partial charge in [0.25, 0.3) is 0 Å². The smallest absolute Gasteiger partial charge is 0.335 e. The molecule has 0 spiro atoms. The molecule has 0 unspecified atom stereocenters. The van der Waals surface area contributed by atoms with E-state index in [0.29, 0.717) is 10.6 Å². The Bertz CT molecular complexity index is 660. The summed E-state index contributed by atoms with van der Waals surface area (Å²) in [5.74, 6) is -0.917. The third-order valence-electron chi connectivity index (χ3n) is 3.44. The first-order chi connectivity index (χ1) is 8.91. The van der Waals surface area contributed by atoms with E-state index in [4.69, 9.17) is 11.6 Å². The molecule has 19 heavy (non-hydrogen) atoms. The van der Waals surface area contributed by atoms with Gasteiger partial charge in [-0.1, -0.05) is 23.7 Å². The highest BCUT2D eigenvalue weighted by molar-refractivity contribution is 6.33. The van der Waals surface area contributed by atoms with Crippen LogP contribution in [-0.4, -0.2) is 11.1 Å². The minimum absolute atomic E-state index is 0.312. The van der Waals surface area contributed by atoms with Crippen LogP contribution in [0.15, 0.2) is 30.3 Å². The number of hydrogen-bond acceptors (Lipinski definition) is 1. The van der Waals surface area contributed by atoms with Gasteiger partial charge in [-0.15, -0.1) is 0 Å². The molecule has 2 aromatic carbocycles. The van der Waals surface area contributed by atoms with Gasteiger partial charge in [0.1, 0.15) is 0 Å². The number of rotatable bonds is 2. The maximum atomic E-state index is 11.2. The zero-order valence-corrected chi connectivity index (χ0v) is 11.9. The molecule has 0 aliphatic heterocycles. The van der Waals surface area contributed by atoms with Crippen LogP contribution in [0, 0.1) is 20.8 Å². The first kappa shape index (κ1) is 13.6. The Labute approximate surface area is 117 Å². The van der Waals surface area contributed by atoms with Gasteiger partial charge in [0, 0.05) is 10.6 Å². The summed E-state index contributed by atoms with van der Waals surface area (Å²) in [6.07, 6.45) is 0. The van der Waals surface area contributed by atoms with E-state index in [2.05, 4.69) is 0 Å². The van der Waals surface area contributed by atoms with E-state index in [1.807, 2.05) is 39.0 Å². The Morgan fingerprint density at radius 2 is 1.68 bits per heavy atom. The zero-order chi connectivity index (χ0) is 14.2. The van der Waals surface area contributed by atoms with E-state index < -0.39 is 5.97 Å². The van der Waals surface area contributed by atoms with Gasteiger partial charge in [-0.05, 0) is 61.2 Å². The molecule has 3 heteroatoms. The summed E-state index contributed by atoms with van der Waals surface area (Å²) in [7, 11) is 0. The number of benzene rings is 2. The lowest BCUT2D eigenvalue weighted by Gasteiger charge is -2.12. The third-order valence-corrected chi connectivity index (χ3v) is 3.75. The molecule has 0 radical (unpaired) electrons. The van der Waals surface area contributed by atoms with Gasteiger partial charge in [-0.3, -0.25) is 0 Å². The second kappa shape index (κ2) is 5.06. The van der Waals surface area contributed by atoms with Crippen LogP contribution < -0.4 is 0 Å². The highest BCUT2D eigenvalue weighted by Gasteiger charge is 2.14. The van der Waals surface area contributed by atoms with Crippen LogP contribution in [-0.2, 0) is 0 Å². The summed E-state index contributed by atoms with van der Waals surface area (Å²) >= 11 is 6.29. The Balaban J connectivity index is 2.69.